The van der Waals surface area contributed by atoms with Gasteiger partial charge in [0, 0.05) is 12.8 Å². The average molecular weight is 313 g/mol. The van der Waals surface area contributed by atoms with Gasteiger partial charge in [-0.25, -0.2) is 0 Å². The predicted molar refractivity (Wildman–Crippen MR) is 97.2 cm³/mol. The second-order valence-electron chi connectivity index (χ2n) is 6.94. The molecule has 2 heteroatoms. The van der Waals surface area contributed by atoms with Gasteiger partial charge in [0.05, 0.1) is 12.2 Å². The van der Waals surface area contributed by atoms with Crippen molar-refractivity contribution in [2.75, 3.05) is 0 Å². The van der Waals surface area contributed by atoms with Crippen LogP contribution in [0.1, 0.15) is 98.8 Å². The van der Waals surface area contributed by atoms with Crippen LogP contribution >= 0.6 is 0 Å². The van der Waals surface area contributed by atoms with Crippen LogP contribution in [-0.4, -0.2) is 18.0 Å². The topological polar surface area (TPSA) is 18.5 Å². The van der Waals surface area contributed by atoms with Crippen molar-refractivity contribution in [3.8, 4) is 0 Å². The van der Waals surface area contributed by atoms with Crippen molar-refractivity contribution in [2.45, 2.75) is 117 Å². The first-order valence-electron chi connectivity index (χ1n) is 9.42. The molecule has 22 heavy (non-hydrogen) atoms. The van der Waals surface area contributed by atoms with Crippen molar-refractivity contribution >= 4 is 0 Å². The lowest BCUT2D eigenvalue weighted by Crippen LogP contribution is -2.40. The highest BCUT2D eigenvalue weighted by molar-refractivity contribution is 4.78. The van der Waals surface area contributed by atoms with E-state index in [1.54, 1.807) is 0 Å². The van der Waals surface area contributed by atoms with Crippen LogP contribution in [0.2, 0.25) is 0 Å². The minimum Gasteiger partial charge on any atom is -0.347 e. The lowest BCUT2D eigenvalue weighted by atomic mass is 10.00. The second kappa shape index (κ2) is 13.1. The van der Waals surface area contributed by atoms with Crippen LogP contribution in [0, 0.1) is 0 Å². The molecule has 0 aromatic rings. The molecule has 0 aliphatic heterocycles. The van der Waals surface area contributed by atoms with Gasteiger partial charge >= 0.3 is 0 Å². The molecular formula is C20H40O2. The molecule has 0 amide bonds. The number of ether oxygens (including phenoxy) is 2. The zero-order chi connectivity index (χ0) is 16.8. The van der Waals surface area contributed by atoms with E-state index >= 15 is 0 Å². The van der Waals surface area contributed by atoms with Gasteiger partial charge in [-0.1, -0.05) is 51.5 Å². The molecule has 0 atom stereocenters. The van der Waals surface area contributed by atoms with Crippen LogP contribution in [0.25, 0.3) is 0 Å². The van der Waals surface area contributed by atoms with Crippen molar-refractivity contribution in [2.24, 2.45) is 0 Å². The van der Waals surface area contributed by atoms with Crippen molar-refractivity contribution in [1.29, 1.82) is 0 Å². The Balaban J connectivity index is 4.37. The zero-order valence-electron chi connectivity index (χ0n) is 15.8. The first-order valence-corrected chi connectivity index (χ1v) is 9.42. The molecule has 2 nitrogen and oxygen atoms in total. The summed E-state index contributed by atoms with van der Waals surface area (Å²) in [7, 11) is 0. The molecule has 0 aromatic heterocycles. The van der Waals surface area contributed by atoms with Crippen LogP contribution in [0.4, 0.5) is 0 Å². The highest BCUT2D eigenvalue weighted by Gasteiger charge is 2.33. The summed E-state index contributed by atoms with van der Waals surface area (Å²) in [6, 6.07) is 0. The minimum absolute atomic E-state index is 0.188. The van der Waals surface area contributed by atoms with Crippen LogP contribution in [0.5, 0.6) is 0 Å². The van der Waals surface area contributed by atoms with Gasteiger partial charge in [-0.3, -0.25) is 0 Å². The molecule has 0 unspecified atom stereocenters. The summed E-state index contributed by atoms with van der Waals surface area (Å²) in [5.74, 6) is -0.431. The maximum absolute atomic E-state index is 6.23. The van der Waals surface area contributed by atoms with E-state index in [-0.39, 0.29) is 12.2 Å². The minimum atomic E-state index is -0.431. The summed E-state index contributed by atoms with van der Waals surface area (Å²) in [4.78, 5) is 0. The smallest absolute Gasteiger partial charge is 0.169 e. The van der Waals surface area contributed by atoms with Crippen molar-refractivity contribution < 1.29 is 9.47 Å². The van der Waals surface area contributed by atoms with Gasteiger partial charge in [-0.15, -0.1) is 6.58 Å². The molecule has 0 rings (SSSR count). The fourth-order valence-electron chi connectivity index (χ4n) is 2.92. The molecule has 0 aromatic carbocycles. The summed E-state index contributed by atoms with van der Waals surface area (Å²) in [6.45, 7) is 14.5. The van der Waals surface area contributed by atoms with Crippen molar-refractivity contribution in [3.63, 3.8) is 0 Å². The van der Waals surface area contributed by atoms with E-state index in [1.165, 1.54) is 44.9 Å². The van der Waals surface area contributed by atoms with Gasteiger partial charge < -0.3 is 9.47 Å². The maximum atomic E-state index is 6.23. The van der Waals surface area contributed by atoms with Gasteiger partial charge in [-0.05, 0) is 40.5 Å². The third-order valence-electron chi connectivity index (χ3n) is 3.79. The molecule has 0 fully saturated rings. The standard InChI is InChI=1S/C20H40O2/c1-7-9-11-12-13-14-15-17-20(16-10-8-2,21-18(3)4)22-19(5)6/h8,18-19H,2,7,9-17H2,1,3-6H3. The van der Waals surface area contributed by atoms with E-state index in [9.17, 15) is 0 Å². The lowest BCUT2D eigenvalue weighted by molar-refractivity contribution is -0.275. The molecular weight excluding hydrogens is 272 g/mol. The predicted octanol–water partition coefficient (Wildman–Crippen LogP) is 6.64. The van der Waals surface area contributed by atoms with Crippen molar-refractivity contribution in [3.05, 3.63) is 12.7 Å². The third-order valence-corrected chi connectivity index (χ3v) is 3.79. The molecule has 0 N–H and O–H groups in total. The molecule has 0 saturated carbocycles. The van der Waals surface area contributed by atoms with Crippen LogP contribution < -0.4 is 0 Å². The Labute approximate surface area is 139 Å². The van der Waals surface area contributed by atoms with E-state index in [4.69, 9.17) is 9.47 Å². The quantitative estimate of drug-likeness (QED) is 0.192. The summed E-state index contributed by atoms with van der Waals surface area (Å²) in [5.41, 5.74) is 0. The Morgan fingerprint density at radius 3 is 1.77 bits per heavy atom. The van der Waals surface area contributed by atoms with Gasteiger partial charge in [0.15, 0.2) is 5.79 Å². The molecule has 0 heterocycles. The fraction of sp³-hybridized carbons (Fsp3) is 0.900. The maximum Gasteiger partial charge on any atom is 0.169 e. The normalized spacial score (nSPS) is 12.3. The number of allylic oxidation sites excluding steroid dienone is 1. The number of unbranched alkanes of at least 4 members (excludes halogenated alkanes) is 6. The largest absolute Gasteiger partial charge is 0.347 e. The zero-order valence-corrected chi connectivity index (χ0v) is 15.8. The number of hydrogen-bond acceptors (Lipinski definition) is 2. The first kappa shape index (κ1) is 21.7. The number of rotatable bonds is 15. The van der Waals surface area contributed by atoms with Crippen LogP contribution in [0.3, 0.4) is 0 Å². The highest BCUT2D eigenvalue weighted by atomic mass is 16.7. The molecule has 0 spiro atoms. The van der Waals surface area contributed by atoms with Crippen LogP contribution in [0.15, 0.2) is 12.7 Å². The van der Waals surface area contributed by atoms with E-state index < -0.39 is 5.79 Å². The Bertz CT molecular complexity index is 248. The number of hydrogen-bond donors (Lipinski definition) is 0. The Hall–Kier alpha value is -0.340. The Morgan fingerprint density at radius 2 is 1.32 bits per heavy atom. The third kappa shape index (κ3) is 11.3. The monoisotopic (exact) mass is 312 g/mol. The van der Waals surface area contributed by atoms with E-state index in [2.05, 4.69) is 41.2 Å². The molecule has 0 bridgehead atoms. The molecule has 0 radical (unpaired) electrons. The summed E-state index contributed by atoms with van der Waals surface area (Å²) < 4.78 is 12.5. The molecule has 132 valence electrons. The Morgan fingerprint density at radius 1 is 0.818 bits per heavy atom. The van der Waals surface area contributed by atoms with Gasteiger partial charge in [0.1, 0.15) is 0 Å². The fourth-order valence-corrected chi connectivity index (χ4v) is 2.92. The lowest BCUT2D eigenvalue weighted by Gasteiger charge is -2.37. The van der Waals surface area contributed by atoms with Gasteiger partial charge in [-0.2, -0.15) is 0 Å². The summed E-state index contributed by atoms with van der Waals surface area (Å²) in [6.07, 6.45) is 14.4. The van der Waals surface area contributed by atoms with E-state index in [0.29, 0.717) is 0 Å². The van der Waals surface area contributed by atoms with Crippen LogP contribution in [-0.2, 0) is 9.47 Å². The van der Waals surface area contributed by atoms with E-state index in [0.717, 1.165) is 19.3 Å². The van der Waals surface area contributed by atoms with Gasteiger partial charge in [0.2, 0.25) is 0 Å². The molecule has 0 saturated heterocycles. The molecule has 0 aliphatic rings. The Kier molecular flexibility index (Phi) is 12.9. The first-order chi connectivity index (χ1) is 10.5. The van der Waals surface area contributed by atoms with Gasteiger partial charge in [0.25, 0.3) is 0 Å². The summed E-state index contributed by atoms with van der Waals surface area (Å²) in [5, 5.41) is 0. The summed E-state index contributed by atoms with van der Waals surface area (Å²) >= 11 is 0. The highest BCUT2D eigenvalue weighted by Crippen LogP contribution is 2.30. The van der Waals surface area contributed by atoms with Crippen molar-refractivity contribution in [1.82, 2.24) is 0 Å². The average Bonchev–Trinajstić information content (AvgIpc) is 2.43. The SMILES string of the molecule is C=CCCC(CCCCCCCCC)(OC(C)C)OC(C)C. The second-order valence-corrected chi connectivity index (χ2v) is 6.94. The molecule has 0 aliphatic carbocycles. The van der Waals surface area contributed by atoms with E-state index in [1.807, 2.05) is 6.08 Å².